The van der Waals surface area contributed by atoms with Crippen molar-refractivity contribution in [2.45, 2.75) is 334 Å². The molecule has 0 spiro atoms. The summed E-state index contributed by atoms with van der Waals surface area (Å²) in [6, 6.07) is -0.756. The molecule has 0 aliphatic rings. The summed E-state index contributed by atoms with van der Waals surface area (Å²) in [7, 11) is 1.63. The molecule has 3 atom stereocenters. The average molecular weight is 1040 g/mol. The van der Waals surface area contributed by atoms with Gasteiger partial charge in [-0.3, -0.25) is 13.8 Å². The predicted molar refractivity (Wildman–Crippen MR) is 314 cm³/mol. The molecule has 0 saturated heterocycles. The molecule has 0 aliphatic carbocycles. The van der Waals surface area contributed by atoms with E-state index in [9.17, 15) is 19.4 Å². The summed E-state index contributed by atoms with van der Waals surface area (Å²) in [5, 5.41) is 14.0. The molecule has 0 radical (unpaired) electrons. The van der Waals surface area contributed by atoms with E-state index in [0.29, 0.717) is 23.9 Å². The van der Waals surface area contributed by atoms with E-state index in [2.05, 4.69) is 43.5 Å². The van der Waals surface area contributed by atoms with Crippen molar-refractivity contribution in [2.24, 2.45) is 0 Å². The van der Waals surface area contributed by atoms with Gasteiger partial charge in [0.15, 0.2) is 0 Å². The predicted octanol–water partition coefficient (Wildman–Crippen LogP) is 19.5. The summed E-state index contributed by atoms with van der Waals surface area (Å²) in [6.07, 6.45) is 69.9. The lowest BCUT2D eigenvalue weighted by atomic mass is 10.0. The van der Waals surface area contributed by atoms with Crippen molar-refractivity contribution in [3.05, 3.63) is 24.3 Å². The van der Waals surface area contributed by atoms with E-state index >= 15 is 0 Å². The Balaban J connectivity index is 3.86. The Bertz CT molecular complexity index is 1220. The summed E-state index contributed by atoms with van der Waals surface area (Å²) in [5.74, 6) is -0.138. The number of amides is 1. The van der Waals surface area contributed by atoms with Crippen LogP contribution in [0.5, 0.6) is 0 Å². The Morgan fingerprint density at radius 1 is 0.472 bits per heavy atom. The van der Waals surface area contributed by atoms with Gasteiger partial charge in [-0.15, -0.1) is 0 Å². The van der Waals surface area contributed by atoms with Crippen molar-refractivity contribution in [3.8, 4) is 0 Å². The molecule has 0 rings (SSSR count). The number of nitrogens with zero attached hydrogens (tertiary/aromatic N) is 1. The second-order valence-electron chi connectivity index (χ2n) is 23.1. The van der Waals surface area contributed by atoms with Gasteiger partial charge in [0.2, 0.25) is 5.91 Å². The molecule has 0 heterocycles. The molecule has 0 aromatic rings. The molecule has 0 aromatic heterocycles. The molecule has 428 valence electrons. The third-order valence-corrected chi connectivity index (χ3v) is 15.7. The lowest BCUT2D eigenvalue weighted by molar-refractivity contribution is -0.870. The number of phosphoric ester groups is 1. The Kier molecular flexibility index (Phi) is 54.0. The first-order valence-electron chi connectivity index (χ1n) is 31.7. The van der Waals surface area contributed by atoms with Crippen molar-refractivity contribution < 1.29 is 32.9 Å². The first-order valence-corrected chi connectivity index (χ1v) is 33.2. The van der Waals surface area contributed by atoms with Crippen LogP contribution in [-0.4, -0.2) is 73.4 Å². The number of hydrogen-bond acceptors (Lipinski definition) is 5. The lowest BCUT2D eigenvalue weighted by Gasteiger charge is -2.26. The molecule has 1 amide bonds. The summed E-state index contributed by atoms with van der Waals surface area (Å²) >= 11 is 0. The number of nitrogens with one attached hydrogen (secondary N) is 1. The molecule has 0 aromatic carbocycles. The number of unbranched alkanes of at least 4 members (excludes halogenated alkanes) is 42. The van der Waals surface area contributed by atoms with E-state index in [1.807, 2.05) is 21.1 Å². The zero-order valence-electron chi connectivity index (χ0n) is 48.9. The fourth-order valence-electron chi connectivity index (χ4n) is 9.73. The SMILES string of the molecule is CCCCCCC/C=C\C/C=C\CCCCCCCCCCCCCCCCCCCCCCCCCCCC(=O)NC(COP(=O)(O)OCC[N+](C)(C)C)C(O)CCCCCCCCCCCCCCC. The molecule has 0 fully saturated rings. The number of rotatable bonds is 59. The molecule has 0 saturated carbocycles. The van der Waals surface area contributed by atoms with E-state index in [0.717, 1.165) is 44.9 Å². The minimum Gasteiger partial charge on any atom is -0.391 e. The number of hydrogen-bond donors (Lipinski definition) is 3. The van der Waals surface area contributed by atoms with Crippen LogP contribution in [0.25, 0.3) is 0 Å². The van der Waals surface area contributed by atoms with Gasteiger partial charge in [0.05, 0.1) is 39.9 Å². The normalized spacial score (nSPS) is 13.9. The van der Waals surface area contributed by atoms with E-state index < -0.39 is 20.0 Å². The standard InChI is InChI=1S/C63H125N2O6P/c1-6-8-10-12-14-16-18-20-21-22-23-24-25-26-27-28-29-30-31-32-33-34-35-36-37-38-39-40-41-42-43-45-47-49-51-53-55-57-63(67)64-61(60-71-72(68,69)70-59-58-65(3,4)5)62(66)56-54-52-50-48-46-44-19-17-15-13-11-9-7-2/h18,20,22-23,61-62,66H,6-17,19,21,24-60H2,1-5H3,(H-,64,67,68,69)/p+1/b20-18-,23-22-. The maximum Gasteiger partial charge on any atom is 0.472 e. The minimum atomic E-state index is -4.32. The summed E-state index contributed by atoms with van der Waals surface area (Å²) in [4.78, 5) is 23.3. The van der Waals surface area contributed by atoms with Crippen LogP contribution in [0, 0.1) is 0 Å². The highest BCUT2D eigenvalue weighted by atomic mass is 31.2. The van der Waals surface area contributed by atoms with Gasteiger partial charge in [-0.25, -0.2) is 4.57 Å². The van der Waals surface area contributed by atoms with Crippen LogP contribution < -0.4 is 5.32 Å². The third-order valence-electron chi connectivity index (χ3n) is 14.7. The summed E-state index contributed by atoms with van der Waals surface area (Å²) in [5.41, 5.74) is 0. The van der Waals surface area contributed by atoms with Crippen LogP contribution in [0.2, 0.25) is 0 Å². The van der Waals surface area contributed by atoms with Gasteiger partial charge < -0.3 is 19.8 Å². The average Bonchev–Trinajstić information content (AvgIpc) is 3.34. The third kappa shape index (κ3) is 56.7. The van der Waals surface area contributed by atoms with E-state index in [1.54, 1.807) is 0 Å². The van der Waals surface area contributed by atoms with Gasteiger partial charge in [0.25, 0.3) is 0 Å². The molecule has 0 bridgehead atoms. The molecular weight excluding hydrogens is 912 g/mol. The maximum absolute atomic E-state index is 13.0. The smallest absolute Gasteiger partial charge is 0.391 e. The second kappa shape index (κ2) is 54.8. The number of aliphatic hydroxyl groups excluding tert-OH is 1. The highest BCUT2D eigenvalue weighted by Gasteiger charge is 2.28. The highest BCUT2D eigenvalue weighted by molar-refractivity contribution is 7.47. The minimum absolute atomic E-state index is 0.0776. The monoisotopic (exact) mass is 1040 g/mol. The molecular formula is C63H126N2O6P+. The zero-order valence-corrected chi connectivity index (χ0v) is 49.8. The van der Waals surface area contributed by atoms with Gasteiger partial charge in [0, 0.05) is 6.42 Å². The van der Waals surface area contributed by atoms with E-state index in [4.69, 9.17) is 9.05 Å². The number of allylic oxidation sites excluding steroid dienone is 4. The quantitative estimate of drug-likeness (QED) is 0.0243. The molecule has 0 aliphatic heterocycles. The number of quaternary nitrogens is 1. The van der Waals surface area contributed by atoms with Gasteiger partial charge in [-0.2, -0.15) is 0 Å². The van der Waals surface area contributed by atoms with Gasteiger partial charge in [-0.1, -0.05) is 295 Å². The number of aliphatic hydroxyl groups is 1. The summed E-state index contributed by atoms with van der Waals surface area (Å²) in [6.45, 7) is 4.91. The van der Waals surface area contributed by atoms with Crippen LogP contribution in [0.4, 0.5) is 0 Å². The largest absolute Gasteiger partial charge is 0.472 e. The van der Waals surface area contributed by atoms with E-state index in [-0.39, 0.29) is 19.1 Å². The first kappa shape index (κ1) is 71.0. The fourth-order valence-corrected chi connectivity index (χ4v) is 10.5. The molecule has 8 nitrogen and oxygen atoms in total. The lowest BCUT2D eigenvalue weighted by Crippen LogP contribution is -2.46. The van der Waals surface area contributed by atoms with Gasteiger partial charge >= 0.3 is 7.82 Å². The number of carbonyl (C=O) groups is 1. The first-order chi connectivity index (χ1) is 35.0. The van der Waals surface area contributed by atoms with Crippen LogP contribution in [-0.2, 0) is 18.4 Å². The van der Waals surface area contributed by atoms with Crippen LogP contribution in [0.3, 0.4) is 0 Å². The van der Waals surface area contributed by atoms with Crippen molar-refractivity contribution in [3.63, 3.8) is 0 Å². The summed E-state index contributed by atoms with van der Waals surface area (Å²) < 4.78 is 23.8. The maximum atomic E-state index is 13.0. The second-order valence-corrected chi connectivity index (χ2v) is 24.6. The Morgan fingerprint density at radius 3 is 1.14 bits per heavy atom. The van der Waals surface area contributed by atoms with Crippen LogP contribution >= 0.6 is 7.82 Å². The van der Waals surface area contributed by atoms with Crippen LogP contribution in [0.15, 0.2) is 24.3 Å². The van der Waals surface area contributed by atoms with Crippen molar-refractivity contribution in [1.29, 1.82) is 0 Å². The number of phosphoric acid groups is 1. The van der Waals surface area contributed by atoms with E-state index in [1.165, 1.54) is 250 Å². The van der Waals surface area contributed by atoms with Crippen molar-refractivity contribution in [1.82, 2.24) is 5.32 Å². The van der Waals surface area contributed by atoms with Crippen molar-refractivity contribution >= 4 is 13.7 Å². The van der Waals surface area contributed by atoms with Gasteiger partial charge in [-0.05, 0) is 44.9 Å². The molecule has 3 unspecified atom stereocenters. The fraction of sp³-hybridized carbons (Fsp3) is 0.921. The molecule has 3 N–H and O–H groups in total. The Morgan fingerprint density at radius 2 is 0.792 bits per heavy atom. The zero-order chi connectivity index (χ0) is 52.7. The molecule has 72 heavy (non-hydrogen) atoms. The topological polar surface area (TPSA) is 105 Å². The number of carbonyl (C=O) groups excluding carboxylic acids is 1. The van der Waals surface area contributed by atoms with Crippen molar-refractivity contribution in [2.75, 3.05) is 40.9 Å². The Hall–Kier alpha value is -1.02. The highest BCUT2D eigenvalue weighted by Crippen LogP contribution is 2.43. The number of likely N-dealkylation sites (N-methyl/N-ethyl adjacent to an activating group) is 1. The Labute approximate surface area is 449 Å². The van der Waals surface area contributed by atoms with Gasteiger partial charge in [0.1, 0.15) is 13.2 Å². The van der Waals surface area contributed by atoms with Crippen LogP contribution in [0.1, 0.15) is 322 Å². The molecule has 9 heteroatoms.